The van der Waals surface area contributed by atoms with Crippen molar-refractivity contribution in [3.63, 3.8) is 0 Å². The average molecular weight is 693 g/mol. The molecule has 7 nitrogen and oxygen atoms in total. The van der Waals surface area contributed by atoms with E-state index in [0.29, 0.717) is 6.61 Å². The molecule has 4 fully saturated rings. The second-order valence-corrected chi connectivity index (χ2v) is 26.8. The maximum atomic E-state index is 6.81. The monoisotopic (exact) mass is 693 g/mol. The Morgan fingerprint density at radius 1 is 0.833 bits per heavy atom. The fourth-order valence-corrected chi connectivity index (χ4v) is 23.2. The van der Waals surface area contributed by atoms with Crippen molar-refractivity contribution in [3.8, 4) is 0 Å². The van der Waals surface area contributed by atoms with Crippen LogP contribution in [0, 0.1) is 0 Å². The molecule has 1 aromatic carbocycles. The summed E-state index contributed by atoms with van der Waals surface area (Å²) < 4.78 is 40.1. The molecular weight excluding hydrogens is 637 g/mol. The molecule has 5 rings (SSSR count). The number of rotatable bonds is 14. The van der Waals surface area contributed by atoms with Gasteiger partial charge in [-0.15, -0.1) is 0 Å². The van der Waals surface area contributed by atoms with Crippen molar-refractivity contribution >= 4 is 18.4 Å². The Morgan fingerprint density at radius 2 is 1.45 bits per heavy atom. The van der Waals surface area contributed by atoms with Gasteiger partial charge in [0.15, 0.2) is 0 Å². The Labute approximate surface area is 258 Å². The molecule has 1 saturated carbocycles. The van der Waals surface area contributed by atoms with Gasteiger partial charge >= 0.3 is 259 Å². The zero-order valence-electron chi connectivity index (χ0n) is 27.1. The minimum absolute atomic E-state index is 0.0837. The summed E-state index contributed by atoms with van der Waals surface area (Å²) >= 11 is -2.80. The molecule has 1 N–H and O–H groups in total. The van der Waals surface area contributed by atoms with Gasteiger partial charge in [0.05, 0.1) is 0 Å². The van der Waals surface area contributed by atoms with Gasteiger partial charge in [-0.1, -0.05) is 0 Å². The van der Waals surface area contributed by atoms with Crippen LogP contribution in [0.1, 0.15) is 99.0 Å². The molecule has 8 heteroatoms. The topological polar surface area (TPSA) is 67.4 Å². The third kappa shape index (κ3) is 6.83. The van der Waals surface area contributed by atoms with E-state index in [-0.39, 0.29) is 24.4 Å². The van der Waals surface area contributed by atoms with Gasteiger partial charge in [0.2, 0.25) is 0 Å². The molecule has 0 radical (unpaired) electrons. The van der Waals surface area contributed by atoms with Crippen LogP contribution < -0.4 is 5.48 Å². The Kier molecular flexibility index (Phi) is 10.5. The number of hydrogen-bond donors (Lipinski definition) is 1. The van der Waals surface area contributed by atoms with Gasteiger partial charge in [-0.05, 0) is 0 Å². The van der Waals surface area contributed by atoms with Gasteiger partial charge < -0.3 is 0 Å². The van der Waals surface area contributed by atoms with Crippen LogP contribution in [0.3, 0.4) is 0 Å². The molecule has 42 heavy (non-hydrogen) atoms. The second kappa shape index (κ2) is 13.5. The van der Waals surface area contributed by atoms with E-state index in [1.165, 1.54) is 57.4 Å². The number of fused-ring (bicyclic) bond motifs is 5. The van der Waals surface area contributed by atoms with Gasteiger partial charge in [0, 0.05) is 0 Å². The summed E-state index contributed by atoms with van der Waals surface area (Å²) in [5, 5.41) is 0. The number of benzene rings is 1. The molecule has 0 bridgehead atoms. The van der Waals surface area contributed by atoms with Crippen LogP contribution in [0.25, 0.3) is 0 Å². The normalized spacial score (nSPS) is 34.0. The molecule has 0 aromatic heterocycles. The van der Waals surface area contributed by atoms with Crippen molar-refractivity contribution < 1.29 is 28.5 Å². The van der Waals surface area contributed by atoms with Crippen molar-refractivity contribution in [2.75, 3.05) is 0 Å². The predicted molar refractivity (Wildman–Crippen MR) is 167 cm³/mol. The van der Waals surface area contributed by atoms with Gasteiger partial charge in [0.1, 0.15) is 0 Å². The average Bonchev–Trinajstić information content (AvgIpc) is 3.54. The minimum atomic E-state index is -2.80. The van der Waals surface area contributed by atoms with Crippen LogP contribution in [-0.2, 0) is 35.1 Å². The van der Waals surface area contributed by atoms with E-state index in [4.69, 9.17) is 28.5 Å². The van der Waals surface area contributed by atoms with Crippen molar-refractivity contribution in [2.45, 2.75) is 161 Å². The molecule has 0 unspecified atom stereocenters. The van der Waals surface area contributed by atoms with Crippen molar-refractivity contribution in [1.82, 2.24) is 5.48 Å². The van der Waals surface area contributed by atoms with Crippen molar-refractivity contribution in [1.29, 1.82) is 0 Å². The zero-order valence-corrected chi connectivity index (χ0v) is 29.9. The van der Waals surface area contributed by atoms with E-state index in [9.17, 15) is 0 Å². The molecule has 3 aliphatic heterocycles. The molecule has 0 amide bonds. The first-order valence-electron chi connectivity index (χ1n) is 16.6. The molecule has 6 atom stereocenters. The summed E-state index contributed by atoms with van der Waals surface area (Å²) in [7, 11) is 0. The molecular formula is C34H55NO6Sn. The van der Waals surface area contributed by atoms with Crippen LogP contribution in [0.5, 0.6) is 0 Å². The second-order valence-electron chi connectivity index (χ2n) is 13.9. The van der Waals surface area contributed by atoms with Gasteiger partial charge in [0.25, 0.3) is 0 Å². The van der Waals surface area contributed by atoms with Gasteiger partial charge in [-0.3, -0.25) is 0 Å². The molecule has 1 aromatic rings. The molecule has 1 aliphatic carbocycles. The summed E-state index contributed by atoms with van der Waals surface area (Å²) in [5.41, 5.74) is 5.36. The Bertz CT molecular complexity index is 1040. The van der Waals surface area contributed by atoms with Crippen LogP contribution in [0.2, 0.25) is 13.3 Å². The van der Waals surface area contributed by atoms with Crippen LogP contribution in [0.15, 0.2) is 40.0 Å². The Hall–Kier alpha value is -0.521. The fourth-order valence-electron chi connectivity index (χ4n) is 7.64. The van der Waals surface area contributed by atoms with Crippen molar-refractivity contribution in [3.05, 3.63) is 45.6 Å². The van der Waals surface area contributed by atoms with Gasteiger partial charge in [-0.2, -0.15) is 0 Å². The predicted octanol–water partition coefficient (Wildman–Crippen LogP) is 7.56. The van der Waals surface area contributed by atoms with Crippen molar-refractivity contribution in [2.24, 2.45) is 0 Å². The zero-order chi connectivity index (χ0) is 30.0. The van der Waals surface area contributed by atoms with E-state index in [0.717, 1.165) is 12.0 Å². The Balaban J connectivity index is 1.61. The molecule has 0 spiro atoms. The number of ether oxygens (including phenoxy) is 5. The standard InChI is InChI=1S/C22H28NO6.3C4H9.Sn/c1-13-11-15-16(27-20(2,3)26-15)17-22(13,18-19(25-17)29-21(4,5)28-18)23-24-12-14-9-7-6-8-10-14;3*1-3-4-2;/h1,6-10,15-19,23H,11-12H2,2-5H3;3*1,3-4H2,2H3;/t15-,16-,17-,18+,19-,22-;;;;/m1..../s1. The maximum absolute atomic E-state index is 6.81. The summed E-state index contributed by atoms with van der Waals surface area (Å²) in [6.07, 6.45) is 6.82. The number of hydrogen-bond acceptors (Lipinski definition) is 7. The SMILES string of the molecule is CCC[CH2][Sn](/[CH]=C1\C[C@H]2OC(C)(C)O[C@H]2[C@H]2O[C@@H]3OC(C)(C)O[C@@H]3[C@@]12NOCc1ccccc1)([CH2]CCC)[CH2]CCC. The third-order valence-electron chi connectivity index (χ3n) is 9.60. The van der Waals surface area contributed by atoms with E-state index < -0.39 is 41.8 Å². The van der Waals surface area contributed by atoms with Crippen LogP contribution >= 0.6 is 0 Å². The first-order chi connectivity index (χ1) is 20.1. The van der Waals surface area contributed by atoms with E-state index in [1.807, 2.05) is 45.9 Å². The summed E-state index contributed by atoms with van der Waals surface area (Å²) in [6, 6.07) is 10.3. The van der Waals surface area contributed by atoms with E-state index >= 15 is 0 Å². The quantitative estimate of drug-likeness (QED) is 0.160. The summed E-state index contributed by atoms with van der Waals surface area (Å²) in [6.45, 7) is 15.4. The molecule has 4 aliphatic rings. The first kappa shape index (κ1) is 32.9. The Morgan fingerprint density at radius 3 is 2.07 bits per heavy atom. The molecule has 236 valence electrons. The summed E-state index contributed by atoms with van der Waals surface area (Å²) in [4.78, 5) is 6.45. The van der Waals surface area contributed by atoms with Gasteiger partial charge in [-0.25, -0.2) is 0 Å². The van der Waals surface area contributed by atoms with Crippen LogP contribution in [-0.4, -0.2) is 66.2 Å². The van der Waals surface area contributed by atoms with E-state index in [1.54, 1.807) is 0 Å². The number of hydroxylamine groups is 1. The molecule has 3 heterocycles. The fraction of sp³-hybridized carbons (Fsp3) is 0.765. The first-order valence-corrected chi connectivity index (χ1v) is 24.3. The van der Waals surface area contributed by atoms with Crippen LogP contribution in [0.4, 0.5) is 0 Å². The van der Waals surface area contributed by atoms with E-state index in [2.05, 4.69) is 42.5 Å². The summed E-state index contributed by atoms with van der Waals surface area (Å²) in [5.74, 6) is -1.44. The number of nitrogens with one attached hydrogen (secondary N) is 1. The third-order valence-corrected chi connectivity index (χ3v) is 23.9. The number of unbranched alkanes of at least 4 members (excludes halogenated alkanes) is 3. The molecule has 3 saturated heterocycles.